The van der Waals surface area contributed by atoms with Crippen molar-refractivity contribution in [2.75, 3.05) is 6.54 Å². The van der Waals surface area contributed by atoms with Gasteiger partial charge in [-0.05, 0) is 31.7 Å². The first kappa shape index (κ1) is 15.4. The van der Waals surface area contributed by atoms with Crippen LogP contribution in [0.1, 0.15) is 50.4 Å². The molecule has 112 valence electrons. The van der Waals surface area contributed by atoms with Crippen LogP contribution in [0, 0.1) is 5.92 Å². The molecule has 0 aromatic carbocycles. The Bertz CT molecular complexity index is 478. The second kappa shape index (κ2) is 5.82. The third-order valence-corrected chi connectivity index (χ3v) is 5.47. The lowest BCUT2D eigenvalue weighted by Gasteiger charge is -2.36. The number of piperidine rings is 1. The van der Waals surface area contributed by atoms with Crippen LogP contribution in [0.15, 0.2) is 6.20 Å². The van der Waals surface area contributed by atoms with Crippen LogP contribution in [0.25, 0.3) is 0 Å². The number of aromatic nitrogens is 1. The van der Waals surface area contributed by atoms with Gasteiger partial charge in [-0.25, -0.2) is 4.98 Å². The maximum Gasteiger partial charge on any atom is 0.308 e. The fourth-order valence-corrected chi connectivity index (χ4v) is 3.67. The summed E-state index contributed by atoms with van der Waals surface area (Å²) in [5.74, 6) is -0.914. The summed E-state index contributed by atoms with van der Waals surface area (Å²) in [5.41, 5.74) is 0.132. The summed E-state index contributed by atoms with van der Waals surface area (Å²) in [5, 5.41) is 10.4. The lowest BCUT2D eigenvalue weighted by Crippen LogP contribution is -2.45. The Kier molecular flexibility index (Phi) is 4.49. The van der Waals surface area contributed by atoms with Crippen LogP contribution in [0.5, 0.6) is 0 Å². The topological polar surface area (TPSA) is 53.4 Å². The highest BCUT2D eigenvalue weighted by atomic mass is 32.1. The van der Waals surface area contributed by atoms with Gasteiger partial charge in [-0.3, -0.25) is 9.69 Å². The van der Waals surface area contributed by atoms with Crippen molar-refractivity contribution < 1.29 is 9.90 Å². The van der Waals surface area contributed by atoms with E-state index in [-0.39, 0.29) is 17.4 Å². The molecule has 1 aliphatic heterocycles. The lowest BCUT2D eigenvalue weighted by atomic mass is 9.90. The van der Waals surface area contributed by atoms with E-state index in [0.717, 1.165) is 30.9 Å². The molecule has 0 bridgehead atoms. The monoisotopic (exact) mass is 296 g/mol. The van der Waals surface area contributed by atoms with E-state index in [2.05, 4.69) is 30.7 Å². The van der Waals surface area contributed by atoms with E-state index in [1.165, 1.54) is 4.88 Å². The maximum absolute atomic E-state index is 11.3. The summed E-state index contributed by atoms with van der Waals surface area (Å²) in [6.45, 7) is 10.3. The summed E-state index contributed by atoms with van der Waals surface area (Å²) >= 11 is 1.74. The zero-order valence-corrected chi connectivity index (χ0v) is 13.5. The van der Waals surface area contributed by atoms with Gasteiger partial charge in [0.05, 0.1) is 12.5 Å². The largest absolute Gasteiger partial charge is 0.481 e. The van der Waals surface area contributed by atoms with E-state index in [1.54, 1.807) is 11.3 Å². The van der Waals surface area contributed by atoms with Crippen molar-refractivity contribution in [1.29, 1.82) is 0 Å². The van der Waals surface area contributed by atoms with Crippen LogP contribution in [0.2, 0.25) is 0 Å². The molecular weight excluding hydrogens is 272 g/mol. The lowest BCUT2D eigenvalue weighted by molar-refractivity contribution is -0.145. The number of nitrogens with zero attached hydrogens (tertiary/aromatic N) is 2. The normalized spacial score (nSPS) is 24.8. The smallest absolute Gasteiger partial charge is 0.308 e. The Labute approximate surface area is 124 Å². The molecule has 2 atom stereocenters. The molecular formula is C15H24N2O2S. The minimum absolute atomic E-state index is 0.0863. The molecule has 0 aliphatic carbocycles. The average Bonchev–Trinajstić information content (AvgIpc) is 2.80. The molecule has 0 saturated carbocycles. The van der Waals surface area contributed by atoms with Crippen LogP contribution < -0.4 is 0 Å². The zero-order valence-electron chi connectivity index (χ0n) is 12.7. The van der Waals surface area contributed by atoms with E-state index in [0.29, 0.717) is 0 Å². The van der Waals surface area contributed by atoms with Crippen LogP contribution >= 0.6 is 11.3 Å². The van der Waals surface area contributed by atoms with Gasteiger partial charge in [0.2, 0.25) is 0 Å². The van der Waals surface area contributed by atoms with E-state index < -0.39 is 5.97 Å². The van der Waals surface area contributed by atoms with Gasteiger partial charge in [0.25, 0.3) is 0 Å². The average molecular weight is 296 g/mol. The molecule has 1 N–H and O–H groups in total. The molecule has 0 spiro atoms. The number of thiazole rings is 1. The van der Waals surface area contributed by atoms with Crippen molar-refractivity contribution in [3.8, 4) is 0 Å². The van der Waals surface area contributed by atoms with E-state index >= 15 is 0 Å². The zero-order chi connectivity index (χ0) is 14.9. The second-order valence-electron chi connectivity index (χ2n) is 6.67. The van der Waals surface area contributed by atoms with Gasteiger partial charge < -0.3 is 5.11 Å². The van der Waals surface area contributed by atoms with Gasteiger partial charge in [-0.1, -0.05) is 20.8 Å². The van der Waals surface area contributed by atoms with E-state index in [9.17, 15) is 9.90 Å². The number of rotatable bonds is 3. The molecule has 0 radical (unpaired) electrons. The van der Waals surface area contributed by atoms with Crippen LogP contribution in [-0.2, 0) is 16.8 Å². The molecule has 1 aromatic heterocycles. The fraction of sp³-hybridized carbons (Fsp3) is 0.733. The second-order valence-corrected chi connectivity index (χ2v) is 7.78. The molecule has 1 saturated heterocycles. The highest BCUT2D eigenvalue weighted by Gasteiger charge is 2.33. The number of hydrogen-bond donors (Lipinski definition) is 1. The van der Waals surface area contributed by atoms with E-state index in [1.807, 2.05) is 13.1 Å². The van der Waals surface area contributed by atoms with Crippen molar-refractivity contribution in [1.82, 2.24) is 9.88 Å². The van der Waals surface area contributed by atoms with Gasteiger partial charge in [0, 0.05) is 17.1 Å². The van der Waals surface area contributed by atoms with Gasteiger partial charge in [0.15, 0.2) is 0 Å². The summed E-state index contributed by atoms with van der Waals surface area (Å²) in [7, 11) is 0. The standard InChI is InChI=1S/C15H24N2O2S/c1-10-11(14(18)19)6-5-7-17(10)9-13-16-8-12(20-13)15(2,3)4/h8,10-11H,5-7,9H2,1-4H3,(H,18,19)/t10-,11-/m1/s1. The Hall–Kier alpha value is -0.940. The Balaban J connectivity index is 2.06. The summed E-state index contributed by atoms with van der Waals surface area (Å²) < 4.78 is 0. The number of hydrogen-bond acceptors (Lipinski definition) is 4. The third kappa shape index (κ3) is 3.38. The number of aliphatic carboxylic acids is 1. The third-order valence-electron chi connectivity index (χ3n) is 4.07. The number of carboxylic acid groups (broad SMARTS) is 1. The molecule has 20 heavy (non-hydrogen) atoms. The molecule has 1 aliphatic rings. The first-order chi connectivity index (χ1) is 9.29. The summed E-state index contributed by atoms with van der Waals surface area (Å²) in [6.07, 6.45) is 3.71. The molecule has 0 unspecified atom stereocenters. The Morgan fingerprint density at radius 3 is 2.80 bits per heavy atom. The number of carbonyl (C=O) groups is 1. The van der Waals surface area contributed by atoms with Crippen molar-refractivity contribution in [2.45, 2.75) is 58.5 Å². The van der Waals surface area contributed by atoms with E-state index in [4.69, 9.17) is 0 Å². The molecule has 4 nitrogen and oxygen atoms in total. The molecule has 1 aromatic rings. The summed E-state index contributed by atoms with van der Waals surface area (Å²) in [4.78, 5) is 19.3. The molecule has 2 heterocycles. The molecule has 0 amide bonds. The van der Waals surface area contributed by atoms with Crippen molar-refractivity contribution in [3.63, 3.8) is 0 Å². The minimum Gasteiger partial charge on any atom is -0.481 e. The Morgan fingerprint density at radius 2 is 2.25 bits per heavy atom. The van der Waals surface area contributed by atoms with Gasteiger partial charge >= 0.3 is 5.97 Å². The van der Waals surface area contributed by atoms with Gasteiger partial charge in [-0.2, -0.15) is 0 Å². The quantitative estimate of drug-likeness (QED) is 0.931. The first-order valence-corrected chi connectivity index (χ1v) is 8.02. The highest BCUT2D eigenvalue weighted by molar-refractivity contribution is 7.11. The molecule has 5 heteroatoms. The van der Waals surface area contributed by atoms with Crippen LogP contribution in [-0.4, -0.2) is 33.5 Å². The summed E-state index contributed by atoms with van der Waals surface area (Å²) in [6, 6.07) is 0.0863. The number of carboxylic acids is 1. The number of likely N-dealkylation sites (tertiary alicyclic amines) is 1. The highest BCUT2D eigenvalue weighted by Crippen LogP contribution is 2.30. The maximum atomic E-state index is 11.3. The minimum atomic E-state index is -0.670. The Morgan fingerprint density at radius 1 is 1.55 bits per heavy atom. The fourth-order valence-electron chi connectivity index (χ4n) is 2.67. The van der Waals surface area contributed by atoms with Crippen LogP contribution in [0.4, 0.5) is 0 Å². The van der Waals surface area contributed by atoms with Gasteiger partial charge in [0.1, 0.15) is 5.01 Å². The van der Waals surface area contributed by atoms with Crippen LogP contribution in [0.3, 0.4) is 0 Å². The van der Waals surface area contributed by atoms with Crippen molar-refractivity contribution in [2.24, 2.45) is 5.92 Å². The predicted octanol–water partition coefficient (Wildman–Crippen LogP) is 3.13. The van der Waals surface area contributed by atoms with Gasteiger partial charge in [-0.15, -0.1) is 11.3 Å². The SMILES string of the molecule is C[C@@H]1[C@H](C(=O)O)CCCN1Cc1ncc(C(C)(C)C)s1. The van der Waals surface area contributed by atoms with Crippen molar-refractivity contribution in [3.05, 3.63) is 16.1 Å². The van der Waals surface area contributed by atoms with Crippen molar-refractivity contribution >= 4 is 17.3 Å². The molecule has 2 rings (SSSR count). The predicted molar refractivity (Wildman–Crippen MR) is 81.0 cm³/mol. The molecule has 1 fully saturated rings. The first-order valence-electron chi connectivity index (χ1n) is 7.21.